The van der Waals surface area contributed by atoms with Crippen molar-refractivity contribution in [1.82, 2.24) is 5.32 Å². The van der Waals surface area contributed by atoms with E-state index in [1.54, 1.807) is 30.3 Å². The van der Waals surface area contributed by atoms with Gasteiger partial charge >= 0.3 is 5.97 Å². The first kappa shape index (κ1) is 21.4. The molecule has 6 heteroatoms. The number of aromatic hydroxyl groups is 1. The zero-order chi connectivity index (χ0) is 19.5. The molecule has 0 heterocycles. The van der Waals surface area contributed by atoms with E-state index in [1.807, 2.05) is 19.9 Å². The van der Waals surface area contributed by atoms with Crippen LogP contribution in [0.3, 0.4) is 0 Å². The molecule has 2 atom stereocenters. The van der Waals surface area contributed by atoms with Gasteiger partial charge in [0.15, 0.2) is 0 Å². The minimum absolute atomic E-state index is 0.00912. The van der Waals surface area contributed by atoms with Gasteiger partial charge in [0.2, 0.25) is 5.91 Å². The molecule has 26 heavy (non-hydrogen) atoms. The van der Waals surface area contributed by atoms with Gasteiger partial charge < -0.3 is 20.3 Å². The van der Waals surface area contributed by atoms with E-state index < -0.39 is 6.04 Å². The third kappa shape index (κ3) is 8.48. The standard InChI is InChI=1S/C20H27NO5/c1-14(10-15(2)11-20(25)26-3)4-9-19(24)21-17(13-22)12-16-5-7-18(23)8-6-16/h4-10,15,17,22-23H,11-13H2,1-3H3,(H,21,24)/b9-4+,14-10+/t15-,17+/m1/s1. The molecule has 0 aliphatic carbocycles. The minimum Gasteiger partial charge on any atom is -0.508 e. The number of benzene rings is 1. The topological polar surface area (TPSA) is 95.9 Å². The number of allylic oxidation sites excluding steroid dienone is 3. The number of carbonyl (C=O) groups is 2. The maximum Gasteiger partial charge on any atom is 0.306 e. The molecule has 0 fully saturated rings. The Hall–Kier alpha value is -2.60. The maximum absolute atomic E-state index is 12.0. The van der Waals surface area contributed by atoms with Crippen molar-refractivity contribution >= 4 is 11.9 Å². The second-order valence-electron chi connectivity index (χ2n) is 6.26. The van der Waals surface area contributed by atoms with Crippen molar-refractivity contribution in [3.8, 4) is 5.75 Å². The molecule has 0 aliphatic rings. The number of nitrogens with one attached hydrogen (secondary N) is 1. The van der Waals surface area contributed by atoms with Gasteiger partial charge in [-0.1, -0.05) is 36.8 Å². The fourth-order valence-corrected chi connectivity index (χ4v) is 2.44. The van der Waals surface area contributed by atoms with Gasteiger partial charge in [0.25, 0.3) is 0 Å². The number of carbonyl (C=O) groups excluding carboxylic acids is 2. The zero-order valence-corrected chi connectivity index (χ0v) is 15.4. The highest BCUT2D eigenvalue weighted by Crippen LogP contribution is 2.12. The van der Waals surface area contributed by atoms with Gasteiger partial charge in [-0.15, -0.1) is 0 Å². The van der Waals surface area contributed by atoms with E-state index in [2.05, 4.69) is 10.1 Å². The molecular formula is C20H27NO5. The highest BCUT2D eigenvalue weighted by Gasteiger charge is 2.11. The number of methoxy groups -OCH3 is 1. The summed E-state index contributed by atoms with van der Waals surface area (Å²) in [4.78, 5) is 23.2. The van der Waals surface area contributed by atoms with Crippen LogP contribution in [-0.4, -0.2) is 41.8 Å². The highest BCUT2D eigenvalue weighted by molar-refractivity contribution is 5.88. The quantitative estimate of drug-likeness (QED) is 0.356. The van der Waals surface area contributed by atoms with Crippen LogP contribution in [0, 0.1) is 5.92 Å². The Morgan fingerprint density at radius 1 is 1.23 bits per heavy atom. The van der Waals surface area contributed by atoms with Crippen molar-refractivity contribution in [2.24, 2.45) is 5.92 Å². The van der Waals surface area contributed by atoms with Crippen LogP contribution < -0.4 is 5.32 Å². The van der Waals surface area contributed by atoms with Gasteiger partial charge in [-0.25, -0.2) is 0 Å². The second-order valence-corrected chi connectivity index (χ2v) is 6.26. The van der Waals surface area contributed by atoms with Gasteiger partial charge in [-0.2, -0.15) is 0 Å². The number of aliphatic hydroxyl groups is 1. The summed E-state index contributed by atoms with van der Waals surface area (Å²) >= 11 is 0. The molecule has 0 saturated carbocycles. The number of aliphatic hydroxyl groups excluding tert-OH is 1. The molecule has 0 radical (unpaired) electrons. The molecule has 0 aromatic heterocycles. The lowest BCUT2D eigenvalue weighted by molar-refractivity contribution is -0.141. The average Bonchev–Trinajstić information content (AvgIpc) is 2.60. The van der Waals surface area contributed by atoms with Crippen LogP contribution in [0.1, 0.15) is 25.8 Å². The fraction of sp³-hybridized carbons (Fsp3) is 0.400. The number of esters is 1. The van der Waals surface area contributed by atoms with Crippen LogP contribution >= 0.6 is 0 Å². The predicted molar refractivity (Wildman–Crippen MR) is 99.5 cm³/mol. The lowest BCUT2D eigenvalue weighted by Gasteiger charge is -2.15. The van der Waals surface area contributed by atoms with E-state index in [1.165, 1.54) is 13.2 Å². The van der Waals surface area contributed by atoms with Crippen LogP contribution in [-0.2, 0) is 20.7 Å². The summed E-state index contributed by atoms with van der Waals surface area (Å²) < 4.78 is 4.62. The summed E-state index contributed by atoms with van der Waals surface area (Å²) in [7, 11) is 1.35. The molecule has 0 bridgehead atoms. The molecule has 6 nitrogen and oxygen atoms in total. The normalized spacial score (nSPS) is 14.1. The van der Waals surface area contributed by atoms with Crippen LogP contribution in [0.4, 0.5) is 0 Å². The van der Waals surface area contributed by atoms with E-state index in [-0.39, 0.29) is 36.6 Å². The van der Waals surface area contributed by atoms with Crippen molar-refractivity contribution in [3.05, 3.63) is 53.6 Å². The van der Waals surface area contributed by atoms with Crippen molar-refractivity contribution < 1.29 is 24.5 Å². The second kappa shape index (κ2) is 11.1. The van der Waals surface area contributed by atoms with Crippen LogP contribution in [0.2, 0.25) is 0 Å². The number of ether oxygens (including phenoxy) is 1. The molecule has 1 rings (SSSR count). The first-order chi connectivity index (χ1) is 12.3. The first-order valence-electron chi connectivity index (χ1n) is 8.46. The number of rotatable bonds is 9. The minimum atomic E-state index is -0.417. The molecule has 0 spiro atoms. The van der Waals surface area contributed by atoms with E-state index in [0.29, 0.717) is 6.42 Å². The Morgan fingerprint density at radius 3 is 2.46 bits per heavy atom. The highest BCUT2D eigenvalue weighted by atomic mass is 16.5. The summed E-state index contributed by atoms with van der Waals surface area (Å²) in [5.41, 5.74) is 1.76. The third-order valence-corrected chi connectivity index (χ3v) is 3.75. The number of hydrogen-bond donors (Lipinski definition) is 3. The number of phenolic OH excluding ortho intramolecular Hbond substituents is 1. The lowest BCUT2D eigenvalue weighted by Crippen LogP contribution is -2.38. The Bertz CT molecular complexity index is 649. The first-order valence-corrected chi connectivity index (χ1v) is 8.46. The molecule has 0 unspecified atom stereocenters. The van der Waals surface area contributed by atoms with Gasteiger partial charge in [0.1, 0.15) is 5.75 Å². The monoisotopic (exact) mass is 361 g/mol. The van der Waals surface area contributed by atoms with Gasteiger partial charge in [-0.05, 0) is 37.0 Å². The number of phenols is 1. The summed E-state index contributed by atoms with van der Waals surface area (Å²) in [5.74, 6) is -0.403. The molecule has 0 saturated heterocycles. The summed E-state index contributed by atoms with van der Waals surface area (Å²) in [6, 6.07) is 6.20. The molecule has 0 aliphatic heterocycles. The van der Waals surface area contributed by atoms with E-state index in [4.69, 9.17) is 0 Å². The Kier molecular flexibility index (Phi) is 9.15. The van der Waals surface area contributed by atoms with Crippen molar-refractivity contribution in [1.29, 1.82) is 0 Å². The van der Waals surface area contributed by atoms with Crippen molar-refractivity contribution in [2.45, 2.75) is 32.7 Å². The van der Waals surface area contributed by atoms with Crippen molar-refractivity contribution in [3.63, 3.8) is 0 Å². The molecule has 142 valence electrons. The van der Waals surface area contributed by atoms with Gasteiger partial charge in [0, 0.05) is 6.08 Å². The van der Waals surface area contributed by atoms with Crippen LogP contribution in [0.15, 0.2) is 48.1 Å². The molecule has 1 amide bonds. The smallest absolute Gasteiger partial charge is 0.306 e. The Labute approximate surface area is 154 Å². The largest absolute Gasteiger partial charge is 0.508 e. The van der Waals surface area contributed by atoms with Gasteiger partial charge in [-0.3, -0.25) is 9.59 Å². The summed E-state index contributed by atoms with van der Waals surface area (Å²) in [6.07, 6.45) is 5.70. The van der Waals surface area contributed by atoms with E-state index >= 15 is 0 Å². The Morgan fingerprint density at radius 2 is 1.88 bits per heavy atom. The van der Waals surface area contributed by atoms with Gasteiger partial charge in [0.05, 0.1) is 26.2 Å². The van der Waals surface area contributed by atoms with Crippen LogP contribution in [0.25, 0.3) is 0 Å². The maximum atomic E-state index is 12.0. The zero-order valence-electron chi connectivity index (χ0n) is 15.4. The SMILES string of the molecule is COC(=O)C[C@H](C)/C=C(C)/C=C/C(=O)N[C@H](CO)Cc1ccc(O)cc1. The third-order valence-electron chi connectivity index (χ3n) is 3.75. The number of hydrogen-bond acceptors (Lipinski definition) is 5. The van der Waals surface area contributed by atoms with E-state index in [0.717, 1.165) is 11.1 Å². The lowest BCUT2D eigenvalue weighted by atomic mass is 10.0. The molecule has 1 aromatic rings. The molecular weight excluding hydrogens is 334 g/mol. The van der Waals surface area contributed by atoms with Crippen LogP contribution in [0.5, 0.6) is 5.75 Å². The number of amides is 1. The fourth-order valence-electron chi connectivity index (χ4n) is 2.44. The van der Waals surface area contributed by atoms with Crippen molar-refractivity contribution in [2.75, 3.05) is 13.7 Å². The Balaban J connectivity index is 2.55. The average molecular weight is 361 g/mol. The predicted octanol–water partition coefficient (Wildman–Crippen LogP) is 2.11. The van der Waals surface area contributed by atoms with E-state index in [9.17, 15) is 19.8 Å². The summed E-state index contributed by atoms with van der Waals surface area (Å²) in [5, 5.41) is 21.5. The summed E-state index contributed by atoms with van der Waals surface area (Å²) in [6.45, 7) is 3.55. The molecule has 1 aromatic carbocycles. The molecule has 3 N–H and O–H groups in total.